The van der Waals surface area contributed by atoms with Crippen LogP contribution in [0.1, 0.15) is 17.2 Å². The second-order valence-corrected chi connectivity index (χ2v) is 8.95. The fraction of sp³-hybridized carbons (Fsp3) is 0.261. The van der Waals surface area contributed by atoms with E-state index < -0.39 is 0 Å². The molecule has 2 aromatic rings. The third kappa shape index (κ3) is 4.80. The first kappa shape index (κ1) is 19.9. The van der Waals surface area contributed by atoms with Gasteiger partial charge in [-0.05, 0) is 53.1 Å². The summed E-state index contributed by atoms with van der Waals surface area (Å²) < 4.78 is 0. The highest BCUT2D eigenvalue weighted by Crippen LogP contribution is 2.34. The topological polar surface area (TPSA) is 58.4 Å². The predicted molar refractivity (Wildman–Crippen MR) is 122 cm³/mol. The molecule has 0 bridgehead atoms. The number of carbonyl (C=O) groups is 1. The maximum Gasteiger partial charge on any atom is 0.237 e. The molecule has 150 valence electrons. The summed E-state index contributed by atoms with van der Waals surface area (Å²) in [4.78, 5) is 15.1. The standard InChI is InChI=1S/C23H24ClN3OS/c24-19-9-7-16(8-10-19)17-4-3-5-18(14-17)22-23(28)26-20(11-13-29-22)15-27-12-2-1-6-21(27)25/h1-10,14,20,22H,11-13,15,25H2,(H,26,28)/t20-,22+/m0/s1. The van der Waals surface area contributed by atoms with Crippen molar-refractivity contribution in [3.8, 4) is 11.1 Å². The third-order valence-corrected chi connectivity index (χ3v) is 6.78. The van der Waals surface area contributed by atoms with E-state index in [9.17, 15) is 4.79 Å². The minimum atomic E-state index is -0.207. The minimum Gasteiger partial charge on any atom is -0.385 e. The summed E-state index contributed by atoms with van der Waals surface area (Å²) in [6, 6.07) is 16.1. The number of rotatable bonds is 4. The van der Waals surface area contributed by atoms with Crippen LogP contribution < -0.4 is 11.1 Å². The Morgan fingerprint density at radius 3 is 2.79 bits per heavy atom. The molecule has 4 rings (SSSR count). The minimum absolute atomic E-state index is 0.0702. The normalized spacial score (nSPS) is 22.0. The Kier molecular flexibility index (Phi) is 6.16. The molecule has 29 heavy (non-hydrogen) atoms. The zero-order valence-electron chi connectivity index (χ0n) is 16.1. The molecule has 2 heterocycles. The van der Waals surface area contributed by atoms with Gasteiger partial charge in [-0.1, -0.05) is 54.1 Å². The first-order valence-corrected chi connectivity index (χ1v) is 11.2. The Hall–Kier alpha value is -2.37. The van der Waals surface area contributed by atoms with Crippen LogP contribution in [0.5, 0.6) is 0 Å². The summed E-state index contributed by atoms with van der Waals surface area (Å²) in [7, 11) is 0. The predicted octanol–water partition coefficient (Wildman–Crippen LogP) is 4.34. The fourth-order valence-electron chi connectivity index (χ4n) is 3.67. The number of halogens is 1. The van der Waals surface area contributed by atoms with Crippen molar-refractivity contribution < 1.29 is 4.79 Å². The molecule has 0 aromatic heterocycles. The molecule has 1 fully saturated rings. The molecular weight excluding hydrogens is 402 g/mol. The first-order valence-electron chi connectivity index (χ1n) is 9.75. The Bertz CT molecular complexity index is 941. The number of hydrogen-bond donors (Lipinski definition) is 2. The number of benzene rings is 2. The first-order chi connectivity index (χ1) is 14.1. The van der Waals surface area contributed by atoms with E-state index in [1.165, 1.54) is 0 Å². The maximum atomic E-state index is 13.0. The van der Waals surface area contributed by atoms with Crippen LogP contribution in [0.2, 0.25) is 5.02 Å². The quantitative estimate of drug-likeness (QED) is 0.764. The molecule has 0 saturated carbocycles. The number of hydrogen-bond acceptors (Lipinski definition) is 4. The summed E-state index contributed by atoms with van der Waals surface area (Å²) in [6.07, 6.45) is 6.88. The molecule has 6 heteroatoms. The van der Waals surface area contributed by atoms with Crippen molar-refractivity contribution >= 4 is 29.3 Å². The third-order valence-electron chi connectivity index (χ3n) is 5.24. The van der Waals surface area contributed by atoms with Gasteiger partial charge < -0.3 is 16.0 Å². The van der Waals surface area contributed by atoms with E-state index in [1.807, 2.05) is 48.6 Å². The molecule has 2 aromatic carbocycles. The van der Waals surface area contributed by atoms with Crippen molar-refractivity contribution in [2.45, 2.75) is 17.7 Å². The van der Waals surface area contributed by atoms with Gasteiger partial charge in [0.1, 0.15) is 5.25 Å². The molecule has 2 atom stereocenters. The van der Waals surface area contributed by atoms with E-state index in [4.69, 9.17) is 17.3 Å². The number of amides is 1. The molecule has 1 saturated heterocycles. The number of allylic oxidation sites excluding steroid dienone is 2. The highest BCUT2D eigenvalue weighted by Gasteiger charge is 2.28. The molecule has 3 N–H and O–H groups in total. The average Bonchev–Trinajstić information content (AvgIpc) is 2.91. The van der Waals surface area contributed by atoms with Crippen LogP contribution in [-0.4, -0.2) is 35.7 Å². The second-order valence-electron chi connectivity index (χ2n) is 7.30. The van der Waals surface area contributed by atoms with Gasteiger partial charge in [0.15, 0.2) is 0 Å². The summed E-state index contributed by atoms with van der Waals surface area (Å²) in [6.45, 7) is 1.52. The average molecular weight is 426 g/mol. The number of nitrogens with zero attached hydrogens (tertiary/aromatic N) is 1. The van der Waals surface area contributed by atoms with E-state index in [2.05, 4.69) is 28.4 Å². The molecule has 4 nitrogen and oxygen atoms in total. The lowest BCUT2D eigenvalue weighted by Gasteiger charge is -2.29. The highest BCUT2D eigenvalue weighted by molar-refractivity contribution is 8.00. The van der Waals surface area contributed by atoms with Gasteiger partial charge in [-0.25, -0.2) is 0 Å². The number of carbonyl (C=O) groups excluding carboxylic acids is 1. The van der Waals surface area contributed by atoms with Crippen molar-refractivity contribution in [3.05, 3.63) is 83.2 Å². The monoisotopic (exact) mass is 425 g/mol. The molecule has 1 amide bonds. The lowest BCUT2D eigenvalue weighted by atomic mass is 10.0. The number of nitrogens with two attached hydrogens (primary N) is 1. The Labute approximate surface area is 180 Å². The zero-order chi connectivity index (χ0) is 20.2. The van der Waals surface area contributed by atoms with Gasteiger partial charge in [-0.15, -0.1) is 11.8 Å². The highest BCUT2D eigenvalue weighted by atomic mass is 35.5. The maximum absolute atomic E-state index is 13.0. The Balaban J connectivity index is 1.47. The van der Waals surface area contributed by atoms with Gasteiger partial charge in [0.2, 0.25) is 5.91 Å². The van der Waals surface area contributed by atoms with E-state index in [0.29, 0.717) is 5.02 Å². The van der Waals surface area contributed by atoms with E-state index in [-0.39, 0.29) is 17.2 Å². The Morgan fingerprint density at radius 1 is 1.17 bits per heavy atom. The Morgan fingerprint density at radius 2 is 2.00 bits per heavy atom. The van der Waals surface area contributed by atoms with Gasteiger partial charge in [-0.3, -0.25) is 4.79 Å². The van der Waals surface area contributed by atoms with Gasteiger partial charge in [0, 0.05) is 24.2 Å². The molecule has 0 aliphatic carbocycles. The summed E-state index contributed by atoms with van der Waals surface area (Å²) >= 11 is 7.71. The molecule has 2 aliphatic heterocycles. The van der Waals surface area contributed by atoms with Crippen molar-refractivity contribution in [3.63, 3.8) is 0 Å². The van der Waals surface area contributed by atoms with Gasteiger partial charge in [0.05, 0.1) is 5.82 Å². The molecule has 0 spiro atoms. The molecule has 2 aliphatic rings. The number of nitrogens with one attached hydrogen (secondary N) is 1. The van der Waals surface area contributed by atoms with Crippen molar-refractivity contribution in [2.24, 2.45) is 5.73 Å². The largest absolute Gasteiger partial charge is 0.385 e. The van der Waals surface area contributed by atoms with Crippen LogP contribution in [0.25, 0.3) is 11.1 Å². The summed E-state index contributed by atoms with van der Waals surface area (Å²) in [5, 5.41) is 3.75. The molecule has 0 radical (unpaired) electrons. The van der Waals surface area contributed by atoms with Crippen LogP contribution in [0.15, 0.2) is 72.6 Å². The molecule has 0 unspecified atom stereocenters. The van der Waals surface area contributed by atoms with Gasteiger partial charge >= 0.3 is 0 Å². The van der Waals surface area contributed by atoms with Crippen LogP contribution in [-0.2, 0) is 4.79 Å². The lowest BCUT2D eigenvalue weighted by molar-refractivity contribution is -0.121. The van der Waals surface area contributed by atoms with E-state index in [1.54, 1.807) is 11.8 Å². The SMILES string of the molecule is NC1=CC=CCN1C[C@@H]1CCS[C@H](c2cccc(-c3ccc(Cl)cc3)c2)C(=O)N1. The van der Waals surface area contributed by atoms with Crippen molar-refractivity contribution in [1.29, 1.82) is 0 Å². The van der Waals surface area contributed by atoms with Crippen LogP contribution in [0.4, 0.5) is 0 Å². The van der Waals surface area contributed by atoms with Crippen LogP contribution in [0.3, 0.4) is 0 Å². The van der Waals surface area contributed by atoms with Crippen LogP contribution >= 0.6 is 23.4 Å². The smallest absolute Gasteiger partial charge is 0.237 e. The zero-order valence-corrected chi connectivity index (χ0v) is 17.6. The summed E-state index contributed by atoms with van der Waals surface area (Å²) in [5.41, 5.74) is 9.29. The number of thioether (sulfide) groups is 1. The molecular formula is C23H24ClN3OS. The van der Waals surface area contributed by atoms with Crippen LogP contribution in [0, 0.1) is 0 Å². The van der Waals surface area contributed by atoms with Gasteiger partial charge in [-0.2, -0.15) is 0 Å². The summed E-state index contributed by atoms with van der Waals surface area (Å²) in [5.74, 6) is 1.75. The van der Waals surface area contributed by atoms with E-state index >= 15 is 0 Å². The van der Waals surface area contributed by atoms with Crippen molar-refractivity contribution in [1.82, 2.24) is 10.2 Å². The lowest BCUT2D eigenvalue weighted by Crippen LogP contribution is -2.45. The van der Waals surface area contributed by atoms with E-state index in [0.717, 1.165) is 47.8 Å². The fourth-order valence-corrected chi connectivity index (χ4v) is 5.01. The second kappa shape index (κ2) is 8.97. The van der Waals surface area contributed by atoms with Crippen molar-refractivity contribution in [2.75, 3.05) is 18.8 Å². The van der Waals surface area contributed by atoms with Gasteiger partial charge in [0.25, 0.3) is 0 Å².